The van der Waals surface area contributed by atoms with Gasteiger partial charge in [0.2, 0.25) is 17.9 Å². The topological polar surface area (TPSA) is 79.4 Å². The van der Waals surface area contributed by atoms with Crippen LogP contribution in [-0.2, 0) is 4.74 Å². The largest absolute Gasteiger partial charge is 0.453 e. The molecule has 3 N–H and O–H groups in total. The molecule has 0 aliphatic carbocycles. The molecule has 1 aliphatic rings. The number of morpholine rings is 1. The van der Waals surface area contributed by atoms with E-state index in [2.05, 4.69) is 15.5 Å². The van der Waals surface area contributed by atoms with Gasteiger partial charge in [0, 0.05) is 19.0 Å². The van der Waals surface area contributed by atoms with Crippen LogP contribution in [-0.4, -0.2) is 40.5 Å². The number of aromatic amines is 1. The Labute approximate surface area is 87.6 Å². The number of H-pyrrole nitrogens is 1. The molecular weight excluding hydrogens is 198 g/mol. The summed E-state index contributed by atoms with van der Waals surface area (Å²) in [6.45, 7) is 2.98. The van der Waals surface area contributed by atoms with Crippen molar-refractivity contribution < 1.29 is 14.6 Å². The molecule has 0 radical (unpaired) electrons. The van der Waals surface area contributed by atoms with Gasteiger partial charge in [0.1, 0.15) is 0 Å². The highest BCUT2D eigenvalue weighted by Gasteiger charge is 2.40. The van der Waals surface area contributed by atoms with Gasteiger partial charge in [-0.2, -0.15) is 5.10 Å². The van der Waals surface area contributed by atoms with E-state index in [0.29, 0.717) is 25.5 Å². The summed E-state index contributed by atoms with van der Waals surface area (Å²) in [5.74, 6) is -0.770. The van der Waals surface area contributed by atoms with E-state index in [-0.39, 0.29) is 0 Å². The second kappa shape index (κ2) is 4.18. The molecule has 0 spiro atoms. The highest BCUT2D eigenvalue weighted by atomic mass is 16.7. The van der Waals surface area contributed by atoms with Crippen molar-refractivity contribution >= 4 is 0 Å². The van der Waals surface area contributed by atoms with Crippen LogP contribution in [0, 0.1) is 0 Å². The third-order valence-corrected chi connectivity index (χ3v) is 2.42. The molecule has 2 atom stereocenters. The van der Waals surface area contributed by atoms with Gasteiger partial charge in [-0.3, -0.25) is 5.32 Å². The Kier molecular flexibility index (Phi) is 2.90. The SMILES string of the molecule is CCC1(O)OCCNC1Oc1ccn[nH]1. The Bertz CT molecular complexity index is 304. The molecule has 1 saturated heterocycles. The second-order valence-corrected chi connectivity index (χ2v) is 3.42. The number of aliphatic hydroxyl groups is 1. The monoisotopic (exact) mass is 213 g/mol. The smallest absolute Gasteiger partial charge is 0.217 e. The summed E-state index contributed by atoms with van der Waals surface area (Å²) < 4.78 is 10.8. The number of hydrogen-bond acceptors (Lipinski definition) is 5. The van der Waals surface area contributed by atoms with E-state index in [1.165, 1.54) is 0 Å². The molecule has 1 aromatic heterocycles. The zero-order chi connectivity index (χ0) is 10.7. The quantitative estimate of drug-likeness (QED) is 0.650. The molecule has 0 aromatic carbocycles. The van der Waals surface area contributed by atoms with E-state index >= 15 is 0 Å². The fourth-order valence-electron chi connectivity index (χ4n) is 1.51. The van der Waals surface area contributed by atoms with Crippen LogP contribution < -0.4 is 10.1 Å². The van der Waals surface area contributed by atoms with Crippen molar-refractivity contribution in [3.8, 4) is 5.88 Å². The van der Waals surface area contributed by atoms with Crippen molar-refractivity contribution in [2.24, 2.45) is 0 Å². The number of nitrogens with zero attached hydrogens (tertiary/aromatic N) is 1. The van der Waals surface area contributed by atoms with Crippen LogP contribution in [0.3, 0.4) is 0 Å². The van der Waals surface area contributed by atoms with Crippen molar-refractivity contribution in [1.82, 2.24) is 15.5 Å². The number of hydrogen-bond donors (Lipinski definition) is 3. The van der Waals surface area contributed by atoms with Gasteiger partial charge in [0.25, 0.3) is 0 Å². The van der Waals surface area contributed by atoms with Crippen molar-refractivity contribution in [2.75, 3.05) is 13.2 Å². The molecule has 1 fully saturated rings. The zero-order valence-corrected chi connectivity index (χ0v) is 8.56. The minimum absolute atomic E-state index is 0.457. The van der Waals surface area contributed by atoms with Crippen LogP contribution in [0.2, 0.25) is 0 Å². The Hall–Kier alpha value is -1.11. The van der Waals surface area contributed by atoms with Crippen LogP contribution in [0.25, 0.3) is 0 Å². The Balaban J connectivity index is 2.05. The van der Waals surface area contributed by atoms with E-state index < -0.39 is 12.0 Å². The Morgan fingerprint density at radius 3 is 3.33 bits per heavy atom. The normalized spacial score (nSPS) is 31.5. The first-order valence-corrected chi connectivity index (χ1v) is 5.00. The molecule has 2 rings (SSSR count). The lowest BCUT2D eigenvalue weighted by Gasteiger charge is -2.38. The summed E-state index contributed by atoms with van der Waals surface area (Å²) in [6, 6.07) is 1.69. The molecule has 1 aliphatic heterocycles. The number of ether oxygens (including phenoxy) is 2. The van der Waals surface area contributed by atoms with Crippen LogP contribution in [0.1, 0.15) is 13.3 Å². The summed E-state index contributed by atoms with van der Waals surface area (Å²) in [7, 11) is 0. The molecule has 0 bridgehead atoms. The lowest BCUT2D eigenvalue weighted by Crippen LogP contribution is -2.60. The van der Waals surface area contributed by atoms with Crippen LogP contribution in [0.4, 0.5) is 0 Å². The number of rotatable bonds is 3. The van der Waals surface area contributed by atoms with Gasteiger partial charge in [-0.1, -0.05) is 6.92 Å². The summed E-state index contributed by atoms with van der Waals surface area (Å²) >= 11 is 0. The highest BCUT2D eigenvalue weighted by molar-refractivity contribution is 5.05. The fraction of sp³-hybridized carbons (Fsp3) is 0.667. The summed E-state index contributed by atoms with van der Waals surface area (Å²) in [5.41, 5.74) is 0. The minimum Gasteiger partial charge on any atom is -0.453 e. The van der Waals surface area contributed by atoms with E-state index in [1.807, 2.05) is 6.92 Å². The lowest BCUT2D eigenvalue weighted by molar-refractivity contribution is -0.275. The number of aromatic nitrogens is 2. The summed E-state index contributed by atoms with van der Waals surface area (Å²) in [4.78, 5) is 0. The van der Waals surface area contributed by atoms with Crippen LogP contribution in [0.15, 0.2) is 12.3 Å². The van der Waals surface area contributed by atoms with Crippen molar-refractivity contribution in [3.05, 3.63) is 12.3 Å². The van der Waals surface area contributed by atoms with Crippen molar-refractivity contribution in [2.45, 2.75) is 25.4 Å². The van der Waals surface area contributed by atoms with Gasteiger partial charge in [0.15, 0.2) is 0 Å². The molecule has 2 unspecified atom stereocenters. The van der Waals surface area contributed by atoms with Gasteiger partial charge in [-0.15, -0.1) is 0 Å². The average Bonchev–Trinajstić information content (AvgIpc) is 2.74. The molecule has 0 saturated carbocycles. The predicted molar refractivity (Wildman–Crippen MR) is 52.2 cm³/mol. The molecule has 1 aromatic rings. The van der Waals surface area contributed by atoms with Crippen LogP contribution in [0.5, 0.6) is 5.88 Å². The van der Waals surface area contributed by atoms with Gasteiger partial charge < -0.3 is 14.6 Å². The lowest BCUT2D eigenvalue weighted by atomic mass is 10.1. The highest BCUT2D eigenvalue weighted by Crippen LogP contribution is 2.22. The maximum absolute atomic E-state index is 10.1. The minimum atomic E-state index is -1.27. The predicted octanol–water partition coefficient (Wildman–Crippen LogP) is -0.167. The molecular formula is C9H15N3O3. The first-order chi connectivity index (χ1) is 7.24. The maximum Gasteiger partial charge on any atom is 0.217 e. The summed E-state index contributed by atoms with van der Waals surface area (Å²) in [5, 5.41) is 19.6. The van der Waals surface area contributed by atoms with E-state index in [0.717, 1.165) is 0 Å². The van der Waals surface area contributed by atoms with Gasteiger partial charge in [-0.25, -0.2) is 5.10 Å². The van der Waals surface area contributed by atoms with Gasteiger partial charge >= 0.3 is 0 Å². The Morgan fingerprint density at radius 1 is 1.80 bits per heavy atom. The molecule has 6 nitrogen and oxygen atoms in total. The maximum atomic E-state index is 10.1. The molecule has 2 heterocycles. The molecule has 15 heavy (non-hydrogen) atoms. The van der Waals surface area contributed by atoms with Crippen LogP contribution >= 0.6 is 0 Å². The van der Waals surface area contributed by atoms with Crippen molar-refractivity contribution in [1.29, 1.82) is 0 Å². The first-order valence-electron chi connectivity index (χ1n) is 5.00. The second-order valence-electron chi connectivity index (χ2n) is 3.42. The Morgan fingerprint density at radius 2 is 2.67 bits per heavy atom. The third kappa shape index (κ3) is 2.11. The van der Waals surface area contributed by atoms with E-state index in [9.17, 15) is 5.11 Å². The van der Waals surface area contributed by atoms with E-state index in [4.69, 9.17) is 9.47 Å². The third-order valence-electron chi connectivity index (χ3n) is 2.42. The van der Waals surface area contributed by atoms with Crippen molar-refractivity contribution in [3.63, 3.8) is 0 Å². The summed E-state index contributed by atoms with van der Waals surface area (Å²) in [6.07, 6.45) is 1.47. The molecule has 84 valence electrons. The number of nitrogens with one attached hydrogen (secondary N) is 2. The zero-order valence-electron chi connectivity index (χ0n) is 8.56. The first kappa shape index (κ1) is 10.4. The molecule has 0 amide bonds. The average molecular weight is 213 g/mol. The molecule has 6 heteroatoms. The van der Waals surface area contributed by atoms with Gasteiger partial charge in [0.05, 0.1) is 12.8 Å². The van der Waals surface area contributed by atoms with Gasteiger partial charge in [-0.05, 0) is 0 Å². The van der Waals surface area contributed by atoms with E-state index in [1.54, 1.807) is 12.3 Å². The fourth-order valence-corrected chi connectivity index (χ4v) is 1.51. The standard InChI is InChI=1S/C9H15N3O3/c1-2-9(13)8(10-5-6-14-9)15-7-3-4-11-12-7/h3-4,8,10,13H,2,5-6H2,1H3,(H,11,12).